The van der Waals surface area contributed by atoms with Crippen molar-refractivity contribution < 1.29 is 0 Å². The summed E-state index contributed by atoms with van der Waals surface area (Å²) in [6.45, 7) is 3.94. The van der Waals surface area contributed by atoms with E-state index in [4.69, 9.17) is 0 Å². The van der Waals surface area contributed by atoms with E-state index in [1.54, 1.807) is 18.4 Å². The average Bonchev–Trinajstić information content (AvgIpc) is 2.75. The fourth-order valence-corrected chi connectivity index (χ4v) is 6.87. The van der Waals surface area contributed by atoms with Crippen molar-refractivity contribution in [3.05, 3.63) is 48.6 Å². The maximum atomic E-state index is 3.94. The van der Waals surface area contributed by atoms with Crippen LogP contribution in [0.15, 0.2) is 43.0 Å². The monoisotopic (exact) mass is 364 g/mol. The highest BCUT2D eigenvalue weighted by Crippen LogP contribution is 2.47. The molecule has 3 saturated carbocycles. The van der Waals surface area contributed by atoms with Gasteiger partial charge in [-0.05, 0) is 125 Å². The van der Waals surface area contributed by atoms with Crippen LogP contribution in [0.2, 0.25) is 0 Å². The highest BCUT2D eigenvalue weighted by Gasteiger charge is 2.34. The molecule has 27 heavy (non-hydrogen) atoms. The van der Waals surface area contributed by atoms with Gasteiger partial charge in [-0.3, -0.25) is 0 Å². The summed E-state index contributed by atoms with van der Waals surface area (Å²) in [5.74, 6) is 6.00. The molecule has 0 N–H and O–H groups in total. The summed E-state index contributed by atoms with van der Waals surface area (Å²) >= 11 is 0. The summed E-state index contributed by atoms with van der Waals surface area (Å²) in [5.41, 5.74) is 1.59. The minimum atomic E-state index is 0.838. The lowest BCUT2D eigenvalue weighted by Crippen LogP contribution is -2.29. The zero-order chi connectivity index (χ0) is 18.5. The molecule has 0 radical (unpaired) electrons. The van der Waals surface area contributed by atoms with Crippen LogP contribution in [0.25, 0.3) is 0 Å². The highest BCUT2D eigenvalue weighted by molar-refractivity contribution is 5.19. The summed E-state index contributed by atoms with van der Waals surface area (Å²) in [4.78, 5) is 0. The Hall–Kier alpha value is -1.04. The summed E-state index contributed by atoms with van der Waals surface area (Å²) < 4.78 is 0. The fourth-order valence-electron chi connectivity index (χ4n) is 6.87. The molecular weight excluding hydrogens is 324 g/mol. The molecule has 0 bridgehead atoms. The molecule has 0 heterocycles. The summed E-state index contributed by atoms with van der Waals surface area (Å²) in [6, 6.07) is 11.3. The maximum Gasteiger partial charge on any atom is -0.0162 e. The molecule has 0 aliphatic heterocycles. The Labute approximate surface area is 167 Å². The molecule has 0 amide bonds. The lowest BCUT2D eigenvalue weighted by molar-refractivity contribution is 0.110. The summed E-state index contributed by atoms with van der Waals surface area (Å²) in [5, 5.41) is 0. The van der Waals surface area contributed by atoms with Crippen LogP contribution in [0.3, 0.4) is 0 Å². The second-order valence-electron chi connectivity index (χ2n) is 10.0. The Balaban J connectivity index is 1.20. The smallest absolute Gasteiger partial charge is 0.0162 e. The molecule has 0 unspecified atom stereocenters. The molecule has 1 aromatic rings. The maximum absolute atomic E-state index is 3.94. The van der Waals surface area contributed by atoms with Crippen molar-refractivity contribution in [1.29, 1.82) is 0 Å². The van der Waals surface area contributed by atoms with Gasteiger partial charge >= 0.3 is 0 Å². The van der Waals surface area contributed by atoms with Crippen LogP contribution in [-0.2, 0) is 0 Å². The molecule has 4 rings (SSSR count). The van der Waals surface area contributed by atoms with Gasteiger partial charge in [0, 0.05) is 0 Å². The Bertz CT molecular complexity index is 549. The first-order chi connectivity index (χ1) is 13.3. The third-order valence-electron chi connectivity index (χ3n) is 8.58. The van der Waals surface area contributed by atoms with Crippen molar-refractivity contribution in [3.8, 4) is 0 Å². The summed E-state index contributed by atoms with van der Waals surface area (Å²) in [7, 11) is 0. The number of hydrogen-bond donors (Lipinski definition) is 0. The second-order valence-corrected chi connectivity index (χ2v) is 10.0. The normalized spacial score (nSPS) is 37.6. The van der Waals surface area contributed by atoms with Gasteiger partial charge in [0.05, 0.1) is 0 Å². The van der Waals surface area contributed by atoms with E-state index in [0.29, 0.717) is 0 Å². The molecule has 3 fully saturated rings. The van der Waals surface area contributed by atoms with Crippen molar-refractivity contribution in [1.82, 2.24) is 0 Å². The average molecular weight is 365 g/mol. The minimum Gasteiger partial charge on any atom is -0.103 e. The number of benzene rings is 1. The van der Waals surface area contributed by atoms with Gasteiger partial charge in [-0.25, -0.2) is 0 Å². The molecule has 0 aromatic heterocycles. The van der Waals surface area contributed by atoms with E-state index in [2.05, 4.69) is 43.0 Å². The van der Waals surface area contributed by atoms with Crippen LogP contribution in [0.4, 0.5) is 0 Å². The van der Waals surface area contributed by atoms with E-state index in [-0.39, 0.29) is 0 Å². The van der Waals surface area contributed by atoms with E-state index >= 15 is 0 Å². The van der Waals surface area contributed by atoms with Crippen molar-refractivity contribution in [3.63, 3.8) is 0 Å². The first-order valence-electron chi connectivity index (χ1n) is 12.0. The molecule has 0 spiro atoms. The molecule has 1 aromatic carbocycles. The number of rotatable bonds is 5. The predicted molar refractivity (Wildman–Crippen MR) is 117 cm³/mol. The summed E-state index contributed by atoms with van der Waals surface area (Å²) in [6.07, 6.45) is 21.4. The molecule has 148 valence electrons. The van der Waals surface area contributed by atoms with Gasteiger partial charge < -0.3 is 0 Å². The third kappa shape index (κ3) is 4.87. The van der Waals surface area contributed by atoms with Crippen LogP contribution in [0.1, 0.15) is 95.0 Å². The van der Waals surface area contributed by atoms with Crippen molar-refractivity contribution in [2.24, 2.45) is 29.6 Å². The second kappa shape index (κ2) is 9.44. The van der Waals surface area contributed by atoms with Crippen LogP contribution in [0, 0.1) is 29.6 Å². The predicted octanol–water partition coefficient (Wildman–Crippen LogP) is 8.15. The van der Waals surface area contributed by atoms with Crippen molar-refractivity contribution in [2.45, 2.75) is 89.4 Å². The van der Waals surface area contributed by atoms with Gasteiger partial charge in [0.25, 0.3) is 0 Å². The van der Waals surface area contributed by atoms with E-state index in [1.807, 2.05) is 0 Å². The Morgan fingerprint density at radius 1 is 0.630 bits per heavy atom. The minimum absolute atomic E-state index is 0.838. The van der Waals surface area contributed by atoms with Crippen LogP contribution < -0.4 is 0 Å². The van der Waals surface area contributed by atoms with Gasteiger partial charge in [0.2, 0.25) is 0 Å². The van der Waals surface area contributed by atoms with Gasteiger partial charge in [-0.1, -0.05) is 36.4 Å². The number of hydrogen-bond acceptors (Lipinski definition) is 0. The van der Waals surface area contributed by atoms with Gasteiger partial charge in [0.15, 0.2) is 0 Å². The zero-order valence-corrected chi connectivity index (χ0v) is 17.3. The van der Waals surface area contributed by atoms with Gasteiger partial charge in [-0.15, -0.1) is 6.58 Å². The zero-order valence-electron chi connectivity index (χ0n) is 17.3. The van der Waals surface area contributed by atoms with Gasteiger partial charge in [-0.2, -0.15) is 0 Å². The lowest BCUT2D eigenvalue weighted by atomic mass is 9.64. The number of allylic oxidation sites excluding steroid dienone is 1. The first kappa shape index (κ1) is 19.3. The van der Waals surface area contributed by atoms with Crippen molar-refractivity contribution >= 4 is 0 Å². The molecule has 3 aliphatic rings. The molecule has 3 aliphatic carbocycles. The molecule has 0 saturated heterocycles. The van der Waals surface area contributed by atoms with E-state index < -0.39 is 0 Å². The molecular formula is C27H40. The largest absolute Gasteiger partial charge is 0.103 e. The molecule has 0 atom stereocenters. The third-order valence-corrected chi connectivity index (χ3v) is 8.58. The highest BCUT2D eigenvalue weighted by atomic mass is 14.4. The molecule has 0 heteroatoms. The first-order valence-corrected chi connectivity index (χ1v) is 12.0. The quantitative estimate of drug-likeness (QED) is 0.462. The Kier molecular flexibility index (Phi) is 6.74. The lowest BCUT2D eigenvalue weighted by Gasteiger charge is -2.41. The fraction of sp³-hybridized carbons (Fsp3) is 0.704. The van der Waals surface area contributed by atoms with E-state index in [9.17, 15) is 0 Å². The van der Waals surface area contributed by atoms with E-state index in [0.717, 1.165) is 35.5 Å². The SMILES string of the molecule is C=CCC1CCC(C2CCC(C3CCC(c4ccccc4)CC3)CC2)CC1. The van der Waals surface area contributed by atoms with Crippen LogP contribution >= 0.6 is 0 Å². The van der Waals surface area contributed by atoms with Crippen LogP contribution in [0.5, 0.6) is 0 Å². The van der Waals surface area contributed by atoms with Crippen molar-refractivity contribution in [2.75, 3.05) is 0 Å². The topological polar surface area (TPSA) is 0 Å². The van der Waals surface area contributed by atoms with Crippen LogP contribution in [-0.4, -0.2) is 0 Å². The Morgan fingerprint density at radius 2 is 1.07 bits per heavy atom. The van der Waals surface area contributed by atoms with Gasteiger partial charge in [0.1, 0.15) is 0 Å². The molecule has 0 nitrogen and oxygen atoms in total. The standard InChI is InChI=1S/C27H40/c1-2-6-21-9-11-23(12-10-21)25-17-19-27(20-18-25)26-15-13-24(14-16-26)22-7-4-3-5-8-22/h2-5,7-8,21,23-27H,1,6,9-20H2. The Morgan fingerprint density at radius 3 is 1.56 bits per heavy atom. The van der Waals surface area contributed by atoms with E-state index in [1.165, 1.54) is 70.6 Å².